The molecule has 1 aromatic rings. The lowest BCUT2D eigenvalue weighted by Gasteiger charge is -1.98. The summed E-state index contributed by atoms with van der Waals surface area (Å²) in [5, 5.41) is 0. The van der Waals surface area contributed by atoms with Crippen molar-refractivity contribution in [3.05, 3.63) is 29.8 Å². The molecule has 0 amide bonds. The summed E-state index contributed by atoms with van der Waals surface area (Å²) < 4.78 is 14.9. The minimum atomic E-state index is -0.852. The standard InChI is InChI=1S/C13H12O5/c1-2-16-13(15)10(14)5-3-9-4-6-11-12(7-9)18-8-17-11/h3-7H,2,8H2,1H3/b5-3+. The Hall–Kier alpha value is -2.30. The van der Waals surface area contributed by atoms with Gasteiger partial charge in [-0.15, -0.1) is 0 Å². The third-order valence-corrected chi connectivity index (χ3v) is 2.30. The van der Waals surface area contributed by atoms with E-state index in [1.807, 2.05) is 0 Å². The molecule has 1 aliphatic heterocycles. The summed E-state index contributed by atoms with van der Waals surface area (Å²) >= 11 is 0. The molecule has 0 atom stereocenters. The fourth-order valence-electron chi connectivity index (χ4n) is 1.46. The Morgan fingerprint density at radius 3 is 2.89 bits per heavy atom. The molecule has 5 heteroatoms. The van der Waals surface area contributed by atoms with Gasteiger partial charge >= 0.3 is 5.97 Å². The van der Waals surface area contributed by atoms with Crippen molar-refractivity contribution >= 4 is 17.8 Å². The maximum atomic E-state index is 11.3. The topological polar surface area (TPSA) is 61.8 Å². The van der Waals surface area contributed by atoms with Crippen LogP contribution in [-0.2, 0) is 14.3 Å². The van der Waals surface area contributed by atoms with Crippen LogP contribution in [0.3, 0.4) is 0 Å². The Morgan fingerprint density at radius 1 is 1.33 bits per heavy atom. The second-order valence-electron chi connectivity index (χ2n) is 3.53. The fourth-order valence-corrected chi connectivity index (χ4v) is 1.46. The molecule has 1 aromatic carbocycles. The Kier molecular flexibility index (Phi) is 3.62. The number of hydrogen-bond acceptors (Lipinski definition) is 5. The van der Waals surface area contributed by atoms with Crippen LogP contribution in [0.25, 0.3) is 6.08 Å². The maximum absolute atomic E-state index is 11.3. The molecule has 0 spiro atoms. The molecule has 0 bridgehead atoms. The Balaban J connectivity index is 2.05. The van der Waals surface area contributed by atoms with Crippen LogP contribution in [0.5, 0.6) is 11.5 Å². The lowest BCUT2D eigenvalue weighted by atomic mass is 10.1. The van der Waals surface area contributed by atoms with Crippen molar-refractivity contribution in [2.75, 3.05) is 13.4 Å². The number of rotatable bonds is 4. The van der Waals surface area contributed by atoms with Gasteiger partial charge in [0.2, 0.25) is 6.79 Å². The number of carbonyl (C=O) groups excluding carboxylic acids is 2. The predicted molar refractivity (Wildman–Crippen MR) is 63.2 cm³/mol. The Bertz CT molecular complexity index is 504. The predicted octanol–water partition coefficient (Wildman–Crippen LogP) is 1.56. The second-order valence-corrected chi connectivity index (χ2v) is 3.53. The van der Waals surface area contributed by atoms with Crippen molar-refractivity contribution in [3.63, 3.8) is 0 Å². The number of hydrogen-bond donors (Lipinski definition) is 0. The van der Waals surface area contributed by atoms with Crippen LogP contribution < -0.4 is 9.47 Å². The number of benzene rings is 1. The van der Waals surface area contributed by atoms with Gasteiger partial charge < -0.3 is 14.2 Å². The minimum absolute atomic E-state index is 0.183. The van der Waals surface area contributed by atoms with Crippen LogP contribution in [-0.4, -0.2) is 25.2 Å². The zero-order chi connectivity index (χ0) is 13.0. The van der Waals surface area contributed by atoms with Crippen LogP contribution in [0.1, 0.15) is 12.5 Å². The van der Waals surface area contributed by atoms with Gasteiger partial charge in [-0.3, -0.25) is 4.79 Å². The molecule has 94 valence electrons. The van der Waals surface area contributed by atoms with E-state index >= 15 is 0 Å². The number of ketones is 1. The highest BCUT2D eigenvalue weighted by Crippen LogP contribution is 2.32. The van der Waals surface area contributed by atoms with E-state index in [2.05, 4.69) is 4.74 Å². The zero-order valence-corrected chi connectivity index (χ0v) is 9.84. The molecule has 0 N–H and O–H groups in total. The molecule has 1 aliphatic rings. The molecule has 2 rings (SSSR count). The third-order valence-electron chi connectivity index (χ3n) is 2.30. The summed E-state index contributed by atoms with van der Waals surface area (Å²) in [6.07, 6.45) is 2.71. The summed E-state index contributed by atoms with van der Waals surface area (Å²) in [5.41, 5.74) is 0.747. The van der Waals surface area contributed by atoms with E-state index in [9.17, 15) is 9.59 Å². The van der Waals surface area contributed by atoms with E-state index in [0.29, 0.717) is 11.5 Å². The van der Waals surface area contributed by atoms with Crippen LogP contribution in [0.15, 0.2) is 24.3 Å². The van der Waals surface area contributed by atoms with Crippen molar-refractivity contribution in [1.82, 2.24) is 0 Å². The molecule has 18 heavy (non-hydrogen) atoms. The normalized spacial score (nSPS) is 12.7. The lowest BCUT2D eigenvalue weighted by Crippen LogP contribution is -2.14. The van der Waals surface area contributed by atoms with Crippen LogP contribution in [0.2, 0.25) is 0 Å². The monoisotopic (exact) mass is 248 g/mol. The Labute approximate surface area is 104 Å². The maximum Gasteiger partial charge on any atom is 0.379 e. The number of carbonyl (C=O) groups is 2. The first-order chi connectivity index (χ1) is 8.70. The smallest absolute Gasteiger partial charge is 0.379 e. The van der Waals surface area contributed by atoms with Gasteiger partial charge in [0.25, 0.3) is 5.78 Å². The number of esters is 1. The van der Waals surface area contributed by atoms with Crippen LogP contribution in [0, 0.1) is 0 Å². The second kappa shape index (κ2) is 5.35. The molecule has 0 aromatic heterocycles. The Morgan fingerprint density at radius 2 is 2.11 bits per heavy atom. The zero-order valence-electron chi connectivity index (χ0n) is 9.84. The molecule has 0 unspecified atom stereocenters. The van der Waals surface area contributed by atoms with E-state index in [4.69, 9.17) is 9.47 Å². The van der Waals surface area contributed by atoms with E-state index < -0.39 is 11.8 Å². The van der Waals surface area contributed by atoms with Gasteiger partial charge in [-0.1, -0.05) is 12.1 Å². The summed E-state index contributed by atoms with van der Waals surface area (Å²) in [7, 11) is 0. The molecule has 0 saturated carbocycles. The highest BCUT2D eigenvalue weighted by molar-refractivity contribution is 6.39. The van der Waals surface area contributed by atoms with Crippen molar-refractivity contribution in [1.29, 1.82) is 0 Å². The highest BCUT2D eigenvalue weighted by atomic mass is 16.7. The first kappa shape index (κ1) is 12.2. The van der Waals surface area contributed by atoms with E-state index in [-0.39, 0.29) is 13.4 Å². The van der Waals surface area contributed by atoms with Crippen molar-refractivity contribution < 1.29 is 23.8 Å². The molecule has 0 aliphatic carbocycles. The minimum Gasteiger partial charge on any atom is -0.460 e. The van der Waals surface area contributed by atoms with E-state index in [1.54, 1.807) is 25.1 Å². The van der Waals surface area contributed by atoms with Crippen molar-refractivity contribution in [2.24, 2.45) is 0 Å². The average Bonchev–Trinajstić information content (AvgIpc) is 2.83. The largest absolute Gasteiger partial charge is 0.460 e. The summed E-state index contributed by atoms with van der Waals surface area (Å²) in [4.78, 5) is 22.4. The van der Waals surface area contributed by atoms with E-state index in [0.717, 1.165) is 5.56 Å². The van der Waals surface area contributed by atoms with Gasteiger partial charge in [0.1, 0.15) is 0 Å². The third kappa shape index (κ3) is 2.68. The summed E-state index contributed by atoms with van der Waals surface area (Å²) in [5.74, 6) is -0.242. The molecular weight excluding hydrogens is 236 g/mol. The van der Waals surface area contributed by atoms with Gasteiger partial charge in [0.15, 0.2) is 11.5 Å². The fraction of sp³-hybridized carbons (Fsp3) is 0.231. The van der Waals surface area contributed by atoms with Gasteiger partial charge in [0, 0.05) is 0 Å². The van der Waals surface area contributed by atoms with Gasteiger partial charge in [-0.05, 0) is 30.7 Å². The van der Waals surface area contributed by atoms with Gasteiger partial charge in [0.05, 0.1) is 6.61 Å². The highest BCUT2D eigenvalue weighted by Gasteiger charge is 2.13. The van der Waals surface area contributed by atoms with Crippen molar-refractivity contribution in [2.45, 2.75) is 6.92 Å². The summed E-state index contributed by atoms with van der Waals surface area (Å²) in [6, 6.07) is 5.25. The quantitative estimate of drug-likeness (QED) is 0.459. The molecule has 1 heterocycles. The molecular formula is C13H12O5. The lowest BCUT2D eigenvalue weighted by molar-refractivity contribution is -0.151. The molecule has 0 saturated heterocycles. The molecule has 0 fully saturated rings. The SMILES string of the molecule is CCOC(=O)C(=O)/C=C/c1ccc2c(c1)OCO2. The number of ether oxygens (including phenoxy) is 3. The molecule has 5 nitrogen and oxygen atoms in total. The first-order valence-corrected chi connectivity index (χ1v) is 5.49. The summed E-state index contributed by atoms with van der Waals surface area (Å²) in [6.45, 7) is 2.03. The van der Waals surface area contributed by atoms with Crippen LogP contribution in [0.4, 0.5) is 0 Å². The number of fused-ring (bicyclic) bond motifs is 1. The first-order valence-electron chi connectivity index (χ1n) is 5.49. The van der Waals surface area contributed by atoms with Gasteiger partial charge in [-0.25, -0.2) is 4.79 Å². The van der Waals surface area contributed by atoms with Gasteiger partial charge in [-0.2, -0.15) is 0 Å². The van der Waals surface area contributed by atoms with E-state index in [1.165, 1.54) is 12.2 Å². The average molecular weight is 248 g/mol. The molecule has 0 radical (unpaired) electrons. The van der Waals surface area contributed by atoms with Crippen molar-refractivity contribution in [3.8, 4) is 11.5 Å². The van der Waals surface area contributed by atoms with Crippen LogP contribution >= 0.6 is 0 Å².